The fourth-order valence-corrected chi connectivity index (χ4v) is 7.27. The zero-order chi connectivity index (χ0) is 26.2. The number of thioether (sulfide) groups is 1. The van der Waals surface area contributed by atoms with Crippen LogP contribution in [0.2, 0.25) is 0 Å². The number of carbonyl (C=O) groups is 3. The van der Waals surface area contributed by atoms with Gasteiger partial charge in [-0.3, -0.25) is 9.59 Å². The van der Waals surface area contributed by atoms with Crippen LogP contribution in [0.3, 0.4) is 0 Å². The van der Waals surface area contributed by atoms with Crippen LogP contribution in [0, 0.1) is 0 Å². The van der Waals surface area contributed by atoms with Gasteiger partial charge in [-0.2, -0.15) is 4.99 Å². The Hall–Kier alpha value is -2.47. The van der Waals surface area contributed by atoms with Crippen LogP contribution < -0.4 is 10.1 Å². The van der Waals surface area contributed by atoms with E-state index >= 15 is 0 Å². The topological polar surface area (TPSA) is 99.0 Å². The van der Waals surface area contributed by atoms with Gasteiger partial charge in [-0.15, -0.1) is 23.1 Å². The first-order valence-electron chi connectivity index (χ1n) is 12.4. The summed E-state index contributed by atoms with van der Waals surface area (Å²) in [6.45, 7) is 3.71. The molecular weight excluding hydrogens is 531 g/mol. The third-order valence-corrected chi connectivity index (χ3v) is 9.18. The second-order valence-electron chi connectivity index (χ2n) is 8.51. The molecule has 3 aromatic rings. The fraction of sp³-hybridized carbons (Fsp3) is 0.462. The van der Waals surface area contributed by atoms with Gasteiger partial charge < -0.3 is 19.4 Å². The molecule has 2 amide bonds. The van der Waals surface area contributed by atoms with E-state index < -0.39 is 5.97 Å². The molecule has 0 saturated carbocycles. The molecule has 11 heteroatoms. The number of nitrogens with one attached hydrogen (secondary N) is 1. The average molecular weight is 562 g/mol. The lowest BCUT2D eigenvalue weighted by Crippen LogP contribution is -2.20. The number of amides is 2. The number of thiazole rings is 1. The highest BCUT2D eigenvalue weighted by Crippen LogP contribution is 2.38. The van der Waals surface area contributed by atoms with E-state index in [1.165, 1.54) is 41.5 Å². The molecule has 0 saturated heterocycles. The molecule has 37 heavy (non-hydrogen) atoms. The maximum atomic E-state index is 12.7. The molecule has 1 N–H and O–H groups in total. The summed E-state index contributed by atoms with van der Waals surface area (Å²) in [7, 11) is 1.36. The number of rotatable bonds is 10. The molecule has 1 aliphatic carbocycles. The Morgan fingerprint density at radius 2 is 1.92 bits per heavy atom. The van der Waals surface area contributed by atoms with E-state index in [1.807, 2.05) is 35.8 Å². The molecule has 0 fully saturated rings. The maximum Gasteiger partial charge on any atom is 0.341 e. The van der Waals surface area contributed by atoms with Crippen molar-refractivity contribution in [1.82, 2.24) is 4.57 Å². The average Bonchev–Trinajstić information content (AvgIpc) is 3.31. The van der Waals surface area contributed by atoms with Gasteiger partial charge in [0.25, 0.3) is 5.91 Å². The lowest BCUT2D eigenvalue weighted by atomic mass is 10.1. The molecule has 0 atom stereocenters. The van der Waals surface area contributed by atoms with Crippen LogP contribution in [0.5, 0.6) is 0 Å². The van der Waals surface area contributed by atoms with E-state index in [0.29, 0.717) is 35.1 Å². The van der Waals surface area contributed by atoms with Gasteiger partial charge in [-0.1, -0.05) is 29.9 Å². The van der Waals surface area contributed by atoms with Crippen molar-refractivity contribution in [2.45, 2.75) is 45.6 Å². The molecule has 198 valence electrons. The zero-order valence-electron chi connectivity index (χ0n) is 21.0. The van der Waals surface area contributed by atoms with E-state index in [9.17, 15) is 14.4 Å². The highest BCUT2D eigenvalue weighted by molar-refractivity contribution is 8.00. The van der Waals surface area contributed by atoms with Crippen molar-refractivity contribution in [3.8, 4) is 0 Å². The summed E-state index contributed by atoms with van der Waals surface area (Å²) in [6.07, 6.45) is 4.96. The largest absolute Gasteiger partial charge is 0.465 e. The second-order valence-corrected chi connectivity index (χ2v) is 11.6. The molecular formula is C26H31N3O5S3. The normalized spacial score (nSPS) is 13.8. The number of aromatic nitrogens is 1. The van der Waals surface area contributed by atoms with Gasteiger partial charge in [-0.05, 0) is 50.3 Å². The number of esters is 1. The first-order chi connectivity index (χ1) is 18.0. The van der Waals surface area contributed by atoms with Crippen LogP contribution >= 0.6 is 34.4 Å². The quantitative estimate of drug-likeness (QED) is 0.220. The molecule has 0 aliphatic heterocycles. The highest BCUT2D eigenvalue weighted by atomic mass is 32.2. The van der Waals surface area contributed by atoms with Crippen molar-refractivity contribution in [3.05, 3.63) is 45.1 Å². The van der Waals surface area contributed by atoms with Gasteiger partial charge in [0.05, 0.1) is 41.0 Å². The van der Waals surface area contributed by atoms with Crippen LogP contribution in [0.15, 0.2) is 29.3 Å². The molecule has 0 radical (unpaired) electrons. The molecule has 0 spiro atoms. The summed E-state index contributed by atoms with van der Waals surface area (Å²) < 4.78 is 13.5. The van der Waals surface area contributed by atoms with Crippen molar-refractivity contribution in [1.29, 1.82) is 0 Å². The van der Waals surface area contributed by atoms with E-state index in [4.69, 9.17) is 9.47 Å². The van der Waals surface area contributed by atoms with Gasteiger partial charge in [0.2, 0.25) is 5.91 Å². The number of hydrogen-bond donors (Lipinski definition) is 1. The van der Waals surface area contributed by atoms with Crippen LogP contribution in [-0.4, -0.2) is 54.2 Å². The molecule has 2 aromatic heterocycles. The number of methoxy groups -OCH3 is 1. The molecule has 0 unspecified atom stereocenters. The summed E-state index contributed by atoms with van der Waals surface area (Å²) in [4.78, 5) is 43.9. The van der Waals surface area contributed by atoms with Crippen LogP contribution in [-0.2, 0) is 38.4 Å². The lowest BCUT2D eigenvalue weighted by molar-refractivity contribution is -0.115. The minimum absolute atomic E-state index is 0.0813. The summed E-state index contributed by atoms with van der Waals surface area (Å²) in [5.74, 6) is -0.808. The summed E-state index contributed by atoms with van der Waals surface area (Å²) >= 11 is 4.13. The van der Waals surface area contributed by atoms with Gasteiger partial charge in [0.15, 0.2) is 4.80 Å². The molecule has 4 rings (SSSR count). The molecule has 8 nitrogen and oxygen atoms in total. The number of aryl methyl sites for hydroxylation is 1. The Bertz CT molecular complexity index is 1340. The number of ether oxygens (including phenoxy) is 2. The number of benzene rings is 1. The lowest BCUT2D eigenvalue weighted by Gasteiger charge is -2.07. The first-order valence-corrected chi connectivity index (χ1v) is 15.1. The Balaban J connectivity index is 1.39. The molecule has 0 bridgehead atoms. The van der Waals surface area contributed by atoms with Gasteiger partial charge >= 0.3 is 5.97 Å². The predicted molar refractivity (Wildman–Crippen MR) is 150 cm³/mol. The SMILES string of the molecule is CCOCCn1c(=NC(=O)CSCC(=O)Nc2sc3c(c2C(=O)OC)CCCCC3)sc2ccccc21. The molecule has 1 aliphatic rings. The fourth-order valence-electron chi connectivity index (χ4n) is 4.30. The Morgan fingerprint density at radius 1 is 1.11 bits per heavy atom. The van der Waals surface area contributed by atoms with Crippen LogP contribution in [0.1, 0.15) is 47.0 Å². The summed E-state index contributed by atoms with van der Waals surface area (Å²) in [5.41, 5.74) is 2.50. The third kappa shape index (κ3) is 6.90. The predicted octanol–water partition coefficient (Wildman–Crippen LogP) is 4.66. The Kier molecular flexibility index (Phi) is 9.95. The number of anilines is 1. The second kappa shape index (κ2) is 13.4. The number of hydrogen-bond acceptors (Lipinski definition) is 8. The monoisotopic (exact) mass is 561 g/mol. The van der Waals surface area contributed by atoms with E-state index in [0.717, 1.165) is 52.8 Å². The molecule has 2 heterocycles. The first kappa shape index (κ1) is 27.6. The van der Waals surface area contributed by atoms with Crippen molar-refractivity contribution in [3.63, 3.8) is 0 Å². The van der Waals surface area contributed by atoms with Crippen molar-refractivity contribution < 1.29 is 23.9 Å². The minimum atomic E-state index is -0.419. The molecule has 1 aromatic carbocycles. The summed E-state index contributed by atoms with van der Waals surface area (Å²) in [5, 5.41) is 3.42. The number of fused-ring (bicyclic) bond motifs is 2. The third-order valence-electron chi connectivity index (χ3n) is 5.99. The smallest absolute Gasteiger partial charge is 0.341 e. The van der Waals surface area contributed by atoms with Crippen molar-refractivity contribution >= 4 is 67.4 Å². The van der Waals surface area contributed by atoms with Gasteiger partial charge in [0, 0.05) is 18.0 Å². The van der Waals surface area contributed by atoms with E-state index in [-0.39, 0.29) is 23.3 Å². The highest BCUT2D eigenvalue weighted by Gasteiger charge is 2.26. The number of thiophene rings is 1. The van der Waals surface area contributed by atoms with Crippen molar-refractivity contribution in [2.75, 3.05) is 37.1 Å². The number of nitrogens with zero attached hydrogens (tertiary/aromatic N) is 2. The number of para-hydroxylation sites is 1. The van der Waals surface area contributed by atoms with Crippen molar-refractivity contribution in [2.24, 2.45) is 4.99 Å². The van der Waals surface area contributed by atoms with Crippen LogP contribution in [0.25, 0.3) is 10.2 Å². The number of carbonyl (C=O) groups excluding carboxylic acids is 3. The maximum absolute atomic E-state index is 12.7. The standard InChI is InChI=1S/C26H31N3O5S3/c1-3-34-14-13-29-18-10-7-8-12-20(18)37-26(29)28-22(31)16-35-15-21(30)27-24-23(25(32)33-2)17-9-5-4-6-11-19(17)36-24/h7-8,10,12H,3-6,9,11,13-16H2,1-2H3,(H,27,30). The zero-order valence-corrected chi connectivity index (χ0v) is 23.5. The Labute approximate surface area is 228 Å². The Morgan fingerprint density at radius 3 is 2.73 bits per heavy atom. The van der Waals surface area contributed by atoms with Crippen LogP contribution in [0.4, 0.5) is 5.00 Å². The van der Waals surface area contributed by atoms with E-state index in [1.54, 1.807) is 0 Å². The van der Waals surface area contributed by atoms with Gasteiger partial charge in [0.1, 0.15) is 5.00 Å². The summed E-state index contributed by atoms with van der Waals surface area (Å²) in [6, 6.07) is 7.94. The minimum Gasteiger partial charge on any atom is -0.465 e. The van der Waals surface area contributed by atoms with Gasteiger partial charge in [-0.25, -0.2) is 4.79 Å². The van der Waals surface area contributed by atoms with E-state index in [2.05, 4.69) is 10.3 Å².